The summed E-state index contributed by atoms with van der Waals surface area (Å²) in [5.41, 5.74) is 0. The van der Waals surface area contributed by atoms with Crippen LogP contribution in [0.3, 0.4) is 0 Å². The summed E-state index contributed by atoms with van der Waals surface area (Å²) in [5, 5.41) is 0. The molecule has 0 heterocycles. The van der Waals surface area contributed by atoms with E-state index in [0.717, 1.165) is 32.5 Å². The van der Waals surface area contributed by atoms with E-state index in [1.807, 2.05) is 13.8 Å². The van der Waals surface area contributed by atoms with Crippen molar-refractivity contribution in [2.24, 2.45) is 0 Å². The first-order valence-electron chi connectivity index (χ1n) is 5.79. The van der Waals surface area contributed by atoms with E-state index in [1.165, 1.54) is 10.8 Å². The standard InChI is InChI=1S/C12H23IO2/c1-3-14-12(15-4-2)10-8-6-5-7-9-11-13/h5,7,12H,3-4,6,8-11H2,1-2H3/b7-5-. The maximum absolute atomic E-state index is 5.46. The summed E-state index contributed by atoms with van der Waals surface area (Å²) < 4.78 is 12.1. The largest absolute Gasteiger partial charge is 0.353 e. The maximum atomic E-state index is 5.46. The zero-order chi connectivity index (χ0) is 11.4. The zero-order valence-corrected chi connectivity index (χ0v) is 12.0. The molecule has 0 fully saturated rings. The molecule has 2 nitrogen and oxygen atoms in total. The topological polar surface area (TPSA) is 18.5 Å². The van der Waals surface area contributed by atoms with Gasteiger partial charge >= 0.3 is 0 Å². The van der Waals surface area contributed by atoms with Crippen LogP contribution in [0.4, 0.5) is 0 Å². The molecule has 0 radical (unpaired) electrons. The SMILES string of the molecule is CCOC(CCC/C=C\CCI)OCC. The highest BCUT2D eigenvalue weighted by Crippen LogP contribution is 2.07. The Morgan fingerprint density at radius 3 is 2.20 bits per heavy atom. The van der Waals surface area contributed by atoms with Gasteiger partial charge in [-0.2, -0.15) is 0 Å². The van der Waals surface area contributed by atoms with E-state index >= 15 is 0 Å². The van der Waals surface area contributed by atoms with Gasteiger partial charge in [-0.1, -0.05) is 34.7 Å². The smallest absolute Gasteiger partial charge is 0.157 e. The second-order valence-electron chi connectivity index (χ2n) is 3.22. The Morgan fingerprint density at radius 2 is 1.67 bits per heavy atom. The van der Waals surface area contributed by atoms with Crippen molar-refractivity contribution in [2.75, 3.05) is 17.6 Å². The van der Waals surface area contributed by atoms with Crippen LogP contribution < -0.4 is 0 Å². The Balaban J connectivity index is 3.43. The van der Waals surface area contributed by atoms with Crippen molar-refractivity contribution in [3.63, 3.8) is 0 Å². The molecule has 0 aliphatic carbocycles. The molecule has 0 N–H and O–H groups in total. The van der Waals surface area contributed by atoms with Crippen LogP contribution in [0.25, 0.3) is 0 Å². The van der Waals surface area contributed by atoms with Gasteiger partial charge in [0.25, 0.3) is 0 Å². The lowest BCUT2D eigenvalue weighted by atomic mass is 10.2. The Morgan fingerprint density at radius 1 is 1.07 bits per heavy atom. The Bertz CT molecular complexity index is 143. The molecule has 0 aromatic heterocycles. The highest BCUT2D eigenvalue weighted by atomic mass is 127. The second kappa shape index (κ2) is 12.5. The fraction of sp³-hybridized carbons (Fsp3) is 0.833. The molecule has 0 bridgehead atoms. The summed E-state index contributed by atoms with van der Waals surface area (Å²) in [4.78, 5) is 0. The fourth-order valence-corrected chi connectivity index (χ4v) is 1.65. The van der Waals surface area contributed by atoms with Crippen LogP contribution in [-0.4, -0.2) is 23.9 Å². The monoisotopic (exact) mass is 326 g/mol. The first kappa shape index (κ1) is 15.4. The highest BCUT2D eigenvalue weighted by molar-refractivity contribution is 14.1. The van der Waals surface area contributed by atoms with Crippen LogP contribution in [0.2, 0.25) is 0 Å². The fourth-order valence-electron chi connectivity index (χ4n) is 1.29. The van der Waals surface area contributed by atoms with E-state index in [1.54, 1.807) is 0 Å². The number of halogens is 1. The second-order valence-corrected chi connectivity index (χ2v) is 4.30. The van der Waals surface area contributed by atoms with E-state index in [2.05, 4.69) is 34.7 Å². The summed E-state index contributed by atoms with van der Waals surface area (Å²) >= 11 is 2.39. The van der Waals surface area contributed by atoms with Gasteiger partial charge in [0.15, 0.2) is 6.29 Å². The van der Waals surface area contributed by atoms with Crippen molar-refractivity contribution in [1.82, 2.24) is 0 Å². The number of alkyl halides is 1. The third-order valence-electron chi connectivity index (χ3n) is 1.96. The summed E-state index contributed by atoms with van der Waals surface area (Å²) in [6, 6.07) is 0. The molecule has 0 spiro atoms. The van der Waals surface area contributed by atoms with Crippen LogP contribution in [0.5, 0.6) is 0 Å². The van der Waals surface area contributed by atoms with Gasteiger partial charge in [0.2, 0.25) is 0 Å². The minimum atomic E-state index is -0.00187. The van der Waals surface area contributed by atoms with Gasteiger partial charge < -0.3 is 9.47 Å². The molecule has 0 aromatic carbocycles. The Hall–Kier alpha value is 0.390. The quantitative estimate of drug-likeness (QED) is 0.199. The predicted molar refractivity (Wildman–Crippen MR) is 73.5 cm³/mol. The van der Waals surface area contributed by atoms with Crippen molar-refractivity contribution >= 4 is 22.6 Å². The van der Waals surface area contributed by atoms with Crippen molar-refractivity contribution in [3.05, 3.63) is 12.2 Å². The van der Waals surface area contributed by atoms with Crippen LogP contribution in [0.15, 0.2) is 12.2 Å². The third kappa shape index (κ3) is 10.7. The summed E-state index contributed by atoms with van der Waals surface area (Å²) in [7, 11) is 0. The van der Waals surface area contributed by atoms with Gasteiger partial charge in [0.1, 0.15) is 0 Å². The van der Waals surface area contributed by atoms with Crippen LogP contribution >= 0.6 is 22.6 Å². The molecule has 15 heavy (non-hydrogen) atoms. The normalized spacial score (nSPS) is 11.7. The van der Waals surface area contributed by atoms with Crippen molar-refractivity contribution in [3.8, 4) is 0 Å². The summed E-state index contributed by atoms with van der Waals surface area (Å²) in [6.07, 6.45) is 8.96. The Labute approximate surface area is 108 Å². The molecule has 0 aromatic rings. The number of hydrogen-bond donors (Lipinski definition) is 0. The van der Waals surface area contributed by atoms with E-state index < -0.39 is 0 Å². The molecule has 0 saturated heterocycles. The van der Waals surface area contributed by atoms with Crippen molar-refractivity contribution in [2.45, 2.75) is 45.8 Å². The average Bonchev–Trinajstić information content (AvgIpc) is 2.24. The molecule has 90 valence electrons. The molecule has 0 unspecified atom stereocenters. The van der Waals surface area contributed by atoms with Crippen molar-refractivity contribution < 1.29 is 9.47 Å². The van der Waals surface area contributed by atoms with E-state index in [4.69, 9.17) is 9.47 Å². The summed E-state index contributed by atoms with van der Waals surface area (Å²) in [6.45, 7) is 5.48. The molecule has 0 amide bonds. The highest BCUT2D eigenvalue weighted by Gasteiger charge is 2.05. The lowest BCUT2D eigenvalue weighted by Gasteiger charge is -2.15. The van der Waals surface area contributed by atoms with Crippen LogP contribution in [-0.2, 0) is 9.47 Å². The minimum Gasteiger partial charge on any atom is -0.353 e. The molecule has 0 rings (SSSR count). The molecule has 0 saturated carbocycles. The maximum Gasteiger partial charge on any atom is 0.157 e. The summed E-state index contributed by atoms with van der Waals surface area (Å²) in [5.74, 6) is 0. The van der Waals surface area contributed by atoms with Gasteiger partial charge in [-0.15, -0.1) is 0 Å². The van der Waals surface area contributed by atoms with Gasteiger partial charge in [0.05, 0.1) is 0 Å². The van der Waals surface area contributed by atoms with Gasteiger partial charge in [-0.05, 0) is 39.5 Å². The first-order valence-corrected chi connectivity index (χ1v) is 7.31. The molecular weight excluding hydrogens is 303 g/mol. The lowest BCUT2D eigenvalue weighted by molar-refractivity contribution is -0.139. The molecule has 3 heteroatoms. The lowest BCUT2D eigenvalue weighted by Crippen LogP contribution is -2.16. The molecular formula is C12H23IO2. The van der Waals surface area contributed by atoms with Gasteiger partial charge in [-0.25, -0.2) is 0 Å². The third-order valence-corrected chi connectivity index (χ3v) is 2.58. The predicted octanol–water partition coefficient (Wildman–Crippen LogP) is 3.94. The molecule has 0 aliphatic heterocycles. The number of unbranched alkanes of at least 4 members (excludes halogenated alkanes) is 1. The van der Waals surface area contributed by atoms with Crippen molar-refractivity contribution in [1.29, 1.82) is 0 Å². The van der Waals surface area contributed by atoms with Crippen LogP contribution in [0.1, 0.15) is 39.5 Å². The van der Waals surface area contributed by atoms with E-state index in [9.17, 15) is 0 Å². The van der Waals surface area contributed by atoms with E-state index in [0.29, 0.717) is 0 Å². The first-order chi connectivity index (χ1) is 7.35. The van der Waals surface area contributed by atoms with E-state index in [-0.39, 0.29) is 6.29 Å². The van der Waals surface area contributed by atoms with Gasteiger partial charge in [-0.3, -0.25) is 0 Å². The van der Waals surface area contributed by atoms with Crippen LogP contribution in [0, 0.1) is 0 Å². The number of ether oxygens (including phenoxy) is 2. The minimum absolute atomic E-state index is 0.00187. The average molecular weight is 326 g/mol. The zero-order valence-electron chi connectivity index (χ0n) is 9.88. The van der Waals surface area contributed by atoms with Gasteiger partial charge in [0, 0.05) is 17.6 Å². The number of rotatable bonds is 10. The number of allylic oxidation sites excluding steroid dienone is 2. The Kier molecular flexibility index (Phi) is 12.8. The number of hydrogen-bond acceptors (Lipinski definition) is 2. The molecule has 0 atom stereocenters. The molecule has 0 aliphatic rings.